The fraction of sp³-hybridized carbons (Fsp3) is 0.260. The molecular weight excluding hydrogens is 975 g/mol. The Morgan fingerprint density at radius 3 is 1.62 bits per heavy atom. The summed E-state index contributed by atoms with van der Waals surface area (Å²) < 4.78 is 53.3. The van der Waals surface area contributed by atoms with Crippen LogP contribution in [0.1, 0.15) is 76.0 Å². The topological polar surface area (TPSA) is 243 Å². The molecule has 2 N–H and O–H groups in total. The van der Waals surface area contributed by atoms with Gasteiger partial charge in [-0.25, -0.2) is 34.7 Å². The van der Waals surface area contributed by atoms with Gasteiger partial charge in [-0.3, -0.25) is 14.4 Å². The Morgan fingerprint density at radius 1 is 0.685 bits per heavy atom. The number of aliphatic hydroxyl groups is 2. The second kappa shape index (κ2) is 26.7. The molecule has 7 rings (SSSR count). The molecule has 3 amide bonds. The summed E-state index contributed by atoms with van der Waals surface area (Å²) in [5, 5.41) is 26.9. The summed E-state index contributed by atoms with van der Waals surface area (Å²) in [5.74, 6) is -1.15. The highest BCUT2D eigenvalue weighted by Crippen LogP contribution is 2.39. The largest absolute Gasteiger partial charge is 0.487 e. The average molecular weight is 1030 g/mol. The number of carbonyl (C=O) groups is 4. The Kier molecular flexibility index (Phi) is 20.9. The quantitative estimate of drug-likeness (QED) is 0.106. The standard InChI is InChI=1S/C24H19F3N6O2.C9H11ClN2O.C9H12N2O2.C8H9NO3/c1-32(2)23(34)17-6-4-5-15(30-17)12-35-21-8-7-14(9-16(21)24(25,26)27)18-10-20-22(19(11-28)31-18)29-13-33(20)3;1-12(2)9(13)8-5-3-4-7(6-10)11-8;1-11(2)9(13)8-5-3-4-7(6-12)10-8;1-12-8(11)7-4-2-3-6(5-10)9-7/h4-10,13H,12H2,1-3H3;3-5H,6H2,1-2H3;3-5,12H,6H2,1-2H3;2-4,10H,5H2,1H3. The number of aryl methyl sites for hydroxylation is 1. The lowest BCUT2D eigenvalue weighted by Gasteiger charge is -2.16. The summed E-state index contributed by atoms with van der Waals surface area (Å²) in [4.78, 5) is 74.5. The Morgan fingerprint density at radius 2 is 1.15 bits per heavy atom. The number of halogens is 4. The van der Waals surface area contributed by atoms with Crippen LogP contribution in [-0.2, 0) is 43.7 Å². The number of imidazole rings is 1. The number of pyridine rings is 5. The molecule has 382 valence electrons. The third-order valence-electron chi connectivity index (χ3n) is 9.73. The Bertz CT molecular complexity index is 3030. The van der Waals surface area contributed by atoms with Gasteiger partial charge in [-0.05, 0) is 72.8 Å². The first-order chi connectivity index (χ1) is 34.6. The van der Waals surface area contributed by atoms with Crippen LogP contribution in [0.25, 0.3) is 22.3 Å². The van der Waals surface area contributed by atoms with Crippen molar-refractivity contribution in [3.8, 4) is 23.1 Å². The van der Waals surface area contributed by atoms with Gasteiger partial charge in [-0.1, -0.05) is 24.3 Å². The molecule has 7 aromatic rings. The maximum absolute atomic E-state index is 13.9. The van der Waals surface area contributed by atoms with Gasteiger partial charge in [0, 0.05) is 54.9 Å². The van der Waals surface area contributed by atoms with Gasteiger partial charge in [0.15, 0.2) is 5.69 Å². The third kappa shape index (κ3) is 16.1. The summed E-state index contributed by atoms with van der Waals surface area (Å²) in [7, 11) is 12.9. The van der Waals surface area contributed by atoms with Gasteiger partial charge in [-0.2, -0.15) is 18.4 Å². The van der Waals surface area contributed by atoms with Gasteiger partial charge in [0.1, 0.15) is 46.7 Å². The molecule has 23 heteroatoms. The number of nitrogens with zero attached hydrogens (tertiary/aromatic N) is 11. The molecule has 0 saturated carbocycles. The molecule has 6 heterocycles. The maximum Gasteiger partial charge on any atom is 0.419 e. The molecule has 0 atom stereocenters. The van der Waals surface area contributed by atoms with E-state index < -0.39 is 23.5 Å². The van der Waals surface area contributed by atoms with E-state index in [2.05, 4.69) is 34.6 Å². The third-order valence-corrected chi connectivity index (χ3v) is 10.0. The predicted octanol–water partition coefficient (Wildman–Crippen LogP) is 6.36. The fourth-order valence-corrected chi connectivity index (χ4v) is 6.20. The molecular formula is C50H51ClF3N11O8. The zero-order valence-corrected chi connectivity index (χ0v) is 41.7. The highest BCUT2D eigenvalue weighted by molar-refractivity contribution is 6.16. The number of hydrogen-bond donors (Lipinski definition) is 2. The number of aromatic nitrogens is 7. The van der Waals surface area contributed by atoms with Gasteiger partial charge in [-0.15, -0.1) is 11.6 Å². The van der Waals surface area contributed by atoms with Crippen LogP contribution in [-0.4, -0.2) is 132 Å². The summed E-state index contributed by atoms with van der Waals surface area (Å²) >= 11 is 5.60. The van der Waals surface area contributed by atoms with Crippen molar-refractivity contribution in [3.05, 3.63) is 160 Å². The van der Waals surface area contributed by atoms with E-state index in [4.69, 9.17) is 26.6 Å². The Labute approximate surface area is 423 Å². The lowest BCUT2D eigenvalue weighted by atomic mass is 10.1. The summed E-state index contributed by atoms with van der Waals surface area (Å²) in [6, 6.07) is 26.8. The van der Waals surface area contributed by atoms with Gasteiger partial charge >= 0.3 is 12.1 Å². The zero-order valence-electron chi connectivity index (χ0n) is 40.9. The van der Waals surface area contributed by atoms with Crippen molar-refractivity contribution in [2.24, 2.45) is 7.05 Å². The molecule has 0 aliphatic heterocycles. The van der Waals surface area contributed by atoms with Gasteiger partial charge < -0.3 is 39.0 Å². The van der Waals surface area contributed by atoms with E-state index in [0.29, 0.717) is 45.4 Å². The second-order valence-corrected chi connectivity index (χ2v) is 16.1. The smallest absolute Gasteiger partial charge is 0.419 e. The van der Waals surface area contributed by atoms with Crippen LogP contribution in [0.2, 0.25) is 0 Å². The van der Waals surface area contributed by atoms with Crippen LogP contribution in [0.3, 0.4) is 0 Å². The molecule has 1 aromatic carbocycles. The minimum Gasteiger partial charge on any atom is -0.487 e. The van der Waals surface area contributed by atoms with Crippen LogP contribution in [0.15, 0.2) is 103 Å². The number of rotatable bonds is 11. The van der Waals surface area contributed by atoms with Crippen LogP contribution >= 0.6 is 11.6 Å². The van der Waals surface area contributed by atoms with Crippen LogP contribution in [0, 0.1) is 11.3 Å². The molecule has 73 heavy (non-hydrogen) atoms. The van der Waals surface area contributed by atoms with E-state index in [1.54, 1.807) is 121 Å². The summed E-state index contributed by atoms with van der Waals surface area (Å²) in [6.45, 7) is -0.589. The van der Waals surface area contributed by atoms with E-state index >= 15 is 0 Å². The minimum absolute atomic E-state index is 0.0187. The van der Waals surface area contributed by atoms with Crippen molar-refractivity contribution in [1.29, 1.82) is 5.26 Å². The minimum atomic E-state index is -4.71. The van der Waals surface area contributed by atoms with Gasteiger partial charge in [0.05, 0.1) is 72.1 Å². The van der Waals surface area contributed by atoms with E-state index in [9.17, 15) is 37.6 Å². The number of ether oxygens (including phenoxy) is 2. The number of benzene rings is 1. The van der Waals surface area contributed by atoms with Gasteiger partial charge in [0.2, 0.25) is 0 Å². The van der Waals surface area contributed by atoms with Crippen molar-refractivity contribution in [1.82, 2.24) is 49.2 Å². The van der Waals surface area contributed by atoms with Crippen molar-refractivity contribution in [2.45, 2.75) is 31.9 Å². The zero-order chi connectivity index (χ0) is 54.0. The molecule has 0 aliphatic rings. The Balaban J connectivity index is 0.000000248. The molecule has 6 aromatic heterocycles. The summed E-state index contributed by atoms with van der Waals surface area (Å²) in [5.41, 5.74) is 3.47. The lowest BCUT2D eigenvalue weighted by molar-refractivity contribution is -0.139. The molecule has 0 aliphatic carbocycles. The number of amides is 3. The van der Waals surface area contributed by atoms with E-state index in [-0.39, 0.29) is 65.9 Å². The maximum atomic E-state index is 13.9. The molecule has 0 saturated heterocycles. The van der Waals surface area contributed by atoms with Crippen LogP contribution in [0.4, 0.5) is 13.2 Å². The average Bonchev–Trinajstić information content (AvgIpc) is 3.78. The van der Waals surface area contributed by atoms with E-state index in [1.807, 2.05) is 6.07 Å². The molecule has 0 fully saturated rings. The molecule has 0 unspecified atom stereocenters. The predicted molar refractivity (Wildman–Crippen MR) is 262 cm³/mol. The highest BCUT2D eigenvalue weighted by Gasteiger charge is 2.35. The number of aliphatic hydroxyl groups excluding tert-OH is 2. The number of hydrogen-bond acceptors (Lipinski definition) is 15. The van der Waals surface area contributed by atoms with Crippen molar-refractivity contribution >= 4 is 46.3 Å². The molecule has 0 radical (unpaired) electrons. The van der Waals surface area contributed by atoms with E-state index in [0.717, 1.165) is 11.8 Å². The number of alkyl halides is 4. The van der Waals surface area contributed by atoms with Crippen LogP contribution < -0.4 is 4.74 Å². The number of nitriles is 1. The number of esters is 1. The monoisotopic (exact) mass is 1030 g/mol. The molecule has 0 bridgehead atoms. The van der Waals surface area contributed by atoms with E-state index in [1.165, 1.54) is 52.4 Å². The first-order valence-electron chi connectivity index (χ1n) is 21.6. The number of fused-ring (bicyclic) bond motifs is 1. The SMILES string of the molecule is CN(C)C(=O)c1cccc(CCl)n1.CN(C)C(=O)c1cccc(CO)n1.CN(C)C(=O)c1cccc(COc2ccc(-c3cc4c(ncn4C)c(C#N)n3)cc2C(F)(F)F)n1.COC(=O)c1cccc(CO)n1. The van der Waals surface area contributed by atoms with Crippen molar-refractivity contribution < 1.29 is 52.0 Å². The van der Waals surface area contributed by atoms with Crippen molar-refractivity contribution in [2.75, 3.05) is 49.4 Å². The van der Waals surface area contributed by atoms with Crippen molar-refractivity contribution in [3.63, 3.8) is 0 Å². The van der Waals surface area contributed by atoms with Crippen LogP contribution in [0.5, 0.6) is 5.75 Å². The lowest BCUT2D eigenvalue weighted by Crippen LogP contribution is -2.23. The molecule has 19 nitrogen and oxygen atoms in total. The number of methoxy groups -OCH3 is 1. The number of carbonyl (C=O) groups excluding carboxylic acids is 4. The second-order valence-electron chi connectivity index (χ2n) is 15.8. The molecule has 0 spiro atoms. The van der Waals surface area contributed by atoms with Gasteiger partial charge in [0.25, 0.3) is 17.7 Å². The first kappa shape index (κ1) is 57.2. The fourth-order valence-electron chi connectivity index (χ4n) is 6.05. The summed E-state index contributed by atoms with van der Waals surface area (Å²) in [6.07, 6.45) is -3.21. The first-order valence-corrected chi connectivity index (χ1v) is 22.1. The normalized spacial score (nSPS) is 10.5. The highest BCUT2D eigenvalue weighted by atomic mass is 35.5. The Hall–Kier alpha value is -8.39.